The molecule has 1 saturated heterocycles. The number of hydrogen-bond acceptors (Lipinski definition) is 3. The third-order valence-electron chi connectivity index (χ3n) is 3.37. The lowest BCUT2D eigenvalue weighted by molar-refractivity contribution is -0.0478. The van der Waals surface area contributed by atoms with Crippen LogP contribution in [0.25, 0.3) is 0 Å². The first-order valence-electron chi connectivity index (χ1n) is 5.71. The average Bonchev–Trinajstić information content (AvgIpc) is 2.67. The predicted octanol–water partition coefficient (Wildman–Crippen LogP) is 2.49. The molecule has 3 rings (SSSR count). The van der Waals surface area contributed by atoms with Crippen LogP contribution in [-0.2, 0) is 10.2 Å². The van der Waals surface area contributed by atoms with Crippen molar-refractivity contribution in [3.8, 4) is 0 Å². The summed E-state index contributed by atoms with van der Waals surface area (Å²) in [5.41, 5.74) is 7.57. The van der Waals surface area contributed by atoms with Crippen LogP contribution < -0.4 is 5.73 Å². The Bertz CT molecular complexity index is 523. The molecule has 0 aliphatic carbocycles. The van der Waals surface area contributed by atoms with Gasteiger partial charge in [-0.25, -0.2) is 0 Å². The summed E-state index contributed by atoms with van der Waals surface area (Å²) in [5.74, 6) is 1.91. The van der Waals surface area contributed by atoms with E-state index < -0.39 is 0 Å². The number of hydrogen-bond donors (Lipinski definition) is 1. The van der Waals surface area contributed by atoms with E-state index in [0.717, 1.165) is 17.2 Å². The van der Waals surface area contributed by atoms with Crippen molar-refractivity contribution in [2.75, 3.05) is 18.9 Å². The van der Waals surface area contributed by atoms with Gasteiger partial charge in [0.15, 0.2) is 0 Å². The van der Waals surface area contributed by atoms with Gasteiger partial charge in [-0.2, -0.15) is 0 Å². The second-order valence-corrected chi connectivity index (χ2v) is 4.61. The van der Waals surface area contributed by atoms with Crippen LogP contribution in [0, 0.1) is 6.92 Å². The Hall–Kier alpha value is -1.74. The minimum absolute atomic E-state index is 0.123. The second kappa shape index (κ2) is 3.64. The van der Waals surface area contributed by atoms with Crippen molar-refractivity contribution in [1.82, 2.24) is 0 Å². The Balaban J connectivity index is 2.05. The number of benzene rings is 1. The summed E-state index contributed by atoms with van der Waals surface area (Å²) >= 11 is 0. The molecule has 88 valence electrons. The highest BCUT2D eigenvalue weighted by Gasteiger charge is 2.44. The van der Waals surface area contributed by atoms with Gasteiger partial charge >= 0.3 is 0 Å². The third-order valence-corrected chi connectivity index (χ3v) is 3.37. The maximum absolute atomic E-state index is 5.76. The Morgan fingerprint density at radius 1 is 1.06 bits per heavy atom. The zero-order valence-electron chi connectivity index (χ0n) is 9.77. The summed E-state index contributed by atoms with van der Waals surface area (Å²) in [7, 11) is 0. The van der Waals surface area contributed by atoms with Gasteiger partial charge in [0.2, 0.25) is 0 Å². The number of nitrogens with two attached hydrogens (primary N) is 1. The molecule has 17 heavy (non-hydrogen) atoms. The molecular weight excluding hydrogens is 214 g/mol. The standard InChI is InChI=1S/C14H15NO2/c1-10-2-7-13(17-10)14(8-16-9-14)11-3-5-12(15)6-4-11/h2-7H,8-9,15H2,1H3. The van der Waals surface area contributed by atoms with Crippen molar-refractivity contribution in [2.45, 2.75) is 12.3 Å². The van der Waals surface area contributed by atoms with Crippen LogP contribution in [0.1, 0.15) is 17.1 Å². The van der Waals surface area contributed by atoms with Crippen LogP contribution in [0.4, 0.5) is 5.69 Å². The maximum Gasteiger partial charge on any atom is 0.119 e. The van der Waals surface area contributed by atoms with E-state index in [9.17, 15) is 0 Å². The minimum Gasteiger partial charge on any atom is -0.465 e. The van der Waals surface area contributed by atoms with Crippen molar-refractivity contribution in [3.63, 3.8) is 0 Å². The monoisotopic (exact) mass is 229 g/mol. The number of aryl methyl sites for hydroxylation is 1. The maximum atomic E-state index is 5.76. The summed E-state index contributed by atoms with van der Waals surface area (Å²) in [6, 6.07) is 12.0. The molecule has 2 aromatic rings. The van der Waals surface area contributed by atoms with Gasteiger partial charge in [-0.1, -0.05) is 12.1 Å². The Morgan fingerprint density at radius 2 is 1.76 bits per heavy atom. The van der Waals surface area contributed by atoms with E-state index in [1.165, 1.54) is 5.56 Å². The lowest BCUT2D eigenvalue weighted by Crippen LogP contribution is -2.47. The van der Waals surface area contributed by atoms with Gasteiger partial charge in [0.1, 0.15) is 11.5 Å². The number of nitrogen functional groups attached to an aromatic ring is 1. The Morgan fingerprint density at radius 3 is 2.24 bits per heavy atom. The topological polar surface area (TPSA) is 48.4 Å². The zero-order chi connectivity index (χ0) is 11.9. The van der Waals surface area contributed by atoms with E-state index in [-0.39, 0.29) is 5.41 Å². The summed E-state index contributed by atoms with van der Waals surface area (Å²) in [5, 5.41) is 0. The molecule has 2 N–H and O–H groups in total. The molecule has 2 heterocycles. The highest BCUT2D eigenvalue weighted by molar-refractivity contribution is 5.45. The van der Waals surface area contributed by atoms with Crippen molar-refractivity contribution in [1.29, 1.82) is 0 Å². The van der Waals surface area contributed by atoms with Crippen molar-refractivity contribution >= 4 is 5.69 Å². The van der Waals surface area contributed by atoms with Crippen LogP contribution in [0.2, 0.25) is 0 Å². The fourth-order valence-electron chi connectivity index (χ4n) is 2.25. The van der Waals surface area contributed by atoms with Gasteiger partial charge in [0.25, 0.3) is 0 Å². The molecule has 0 radical (unpaired) electrons. The fraction of sp³-hybridized carbons (Fsp3) is 0.286. The molecule has 3 heteroatoms. The molecule has 0 unspecified atom stereocenters. The summed E-state index contributed by atoms with van der Waals surface area (Å²) in [4.78, 5) is 0. The summed E-state index contributed by atoms with van der Waals surface area (Å²) in [6.07, 6.45) is 0. The van der Waals surface area contributed by atoms with Gasteiger partial charge in [0.05, 0.1) is 18.6 Å². The highest BCUT2D eigenvalue weighted by atomic mass is 16.5. The molecule has 1 aliphatic rings. The molecule has 3 nitrogen and oxygen atoms in total. The number of anilines is 1. The normalized spacial score (nSPS) is 17.7. The zero-order valence-corrected chi connectivity index (χ0v) is 9.77. The molecule has 0 atom stereocenters. The molecule has 1 aromatic heterocycles. The van der Waals surface area contributed by atoms with Gasteiger partial charge < -0.3 is 14.9 Å². The van der Waals surface area contributed by atoms with Crippen LogP contribution in [0.15, 0.2) is 40.8 Å². The summed E-state index contributed by atoms with van der Waals surface area (Å²) < 4.78 is 11.2. The lowest BCUT2D eigenvalue weighted by Gasteiger charge is -2.40. The van der Waals surface area contributed by atoms with Gasteiger partial charge in [-0.15, -0.1) is 0 Å². The molecule has 0 amide bonds. The molecular formula is C14H15NO2. The first-order valence-corrected chi connectivity index (χ1v) is 5.71. The molecule has 1 aliphatic heterocycles. The van der Waals surface area contributed by atoms with Crippen molar-refractivity contribution in [3.05, 3.63) is 53.5 Å². The van der Waals surface area contributed by atoms with E-state index >= 15 is 0 Å². The lowest BCUT2D eigenvalue weighted by atomic mass is 9.76. The van der Waals surface area contributed by atoms with Gasteiger partial charge in [-0.3, -0.25) is 0 Å². The third kappa shape index (κ3) is 1.54. The van der Waals surface area contributed by atoms with Crippen LogP contribution >= 0.6 is 0 Å². The van der Waals surface area contributed by atoms with Gasteiger partial charge in [0, 0.05) is 5.69 Å². The smallest absolute Gasteiger partial charge is 0.119 e. The number of rotatable bonds is 2. The average molecular weight is 229 g/mol. The number of ether oxygens (including phenoxy) is 1. The second-order valence-electron chi connectivity index (χ2n) is 4.61. The van der Waals surface area contributed by atoms with E-state index in [2.05, 4.69) is 12.1 Å². The molecule has 0 spiro atoms. The molecule has 0 saturated carbocycles. The molecule has 0 bridgehead atoms. The first-order chi connectivity index (χ1) is 8.21. The van der Waals surface area contributed by atoms with E-state index in [1.54, 1.807) is 0 Å². The predicted molar refractivity (Wildman–Crippen MR) is 65.9 cm³/mol. The SMILES string of the molecule is Cc1ccc(C2(c3ccc(N)cc3)COC2)o1. The summed E-state index contributed by atoms with van der Waals surface area (Å²) in [6.45, 7) is 3.30. The largest absolute Gasteiger partial charge is 0.465 e. The Kier molecular flexibility index (Phi) is 2.23. The van der Waals surface area contributed by atoms with Crippen molar-refractivity contribution < 1.29 is 9.15 Å². The minimum atomic E-state index is -0.123. The fourth-order valence-corrected chi connectivity index (χ4v) is 2.25. The number of furan rings is 1. The van der Waals surface area contributed by atoms with Crippen LogP contribution in [-0.4, -0.2) is 13.2 Å². The molecule has 1 fully saturated rings. The van der Waals surface area contributed by atoms with E-state index in [4.69, 9.17) is 14.9 Å². The first kappa shape index (κ1) is 10.4. The van der Waals surface area contributed by atoms with E-state index in [1.807, 2.05) is 31.2 Å². The van der Waals surface area contributed by atoms with Gasteiger partial charge in [-0.05, 0) is 36.8 Å². The Labute approximate surface area is 100 Å². The van der Waals surface area contributed by atoms with E-state index in [0.29, 0.717) is 13.2 Å². The quantitative estimate of drug-likeness (QED) is 0.805. The highest BCUT2D eigenvalue weighted by Crippen LogP contribution is 2.40. The van der Waals surface area contributed by atoms with Crippen molar-refractivity contribution in [2.24, 2.45) is 0 Å². The van der Waals surface area contributed by atoms with Crippen LogP contribution in [0.3, 0.4) is 0 Å². The molecule has 1 aromatic carbocycles. The van der Waals surface area contributed by atoms with Crippen LogP contribution in [0.5, 0.6) is 0 Å².